The number of nitrogens with zero attached hydrogens (tertiary/aromatic N) is 1. The molecule has 17 heavy (non-hydrogen) atoms. The van der Waals surface area contributed by atoms with E-state index in [2.05, 4.69) is 20.9 Å². The number of benzene rings is 1. The number of nitrogens with two attached hydrogens (primary N) is 1. The Labute approximate surface area is 109 Å². The second kappa shape index (κ2) is 4.75. The molecular formula is C13H13BrN2O. The van der Waals surface area contributed by atoms with Crippen molar-refractivity contribution in [1.82, 2.24) is 4.98 Å². The van der Waals surface area contributed by atoms with Crippen molar-refractivity contribution >= 4 is 21.6 Å². The molecule has 0 fully saturated rings. The molecule has 1 aromatic carbocycles. The largest absolute Gasteiger partial charge is 0.436 e. The summed E-state index contributed by atoms with van der Waals surface area (Å²) < 4.78 is 6.56. The molecule has 2 aromatic rings. The molecule has 4 heteroatoms. The van der Waals surface area contributed by atoms with Crippen molar-refractivity contribution in [3.8, 4) is 11.6 Å². The fourth-order valence-corrected chi connectivity index (χ4v) is 2.03. The number of anilines is 1. The first kappa shape index (κ1) is 11.9. The summed E-state index contributed by atoms with van der Waals surface area (Å²) in [5.41, 5.74) is 8.56. The number of nitrogen functional groups attached to an aromatic ring is 1. The number of rotatable bonds is 2. The van der Waals surface area contributed by atoms with Crippen molar-refractivity contribution in [2.75, 3.05) is 5.73 Å². The summed E-state index contributed by atoms with van der Waals surface area (Å²) in [6.07, 6.45) is 1.73. The summed E-state index contributed by atoms with van der Waals surface area (Å²) in [6.45, 7) is 3.96. The fourth-order valence-electron chi connectivity index (χ4n) is 1.46. The summed E-state index contributed by atoms with van der Waals surface area (Å²) in [7, 11) is 0. The van der Waals surface area contributed by atoms with Crippen LogP contribution in [0.3, 0.4) is 0 Å². The summed E-state index contributed by atoms with van der Waals surface area (Å²) in [6, 6.07) is 7.69. The summed E-state index contributed by atoms with van der Waals surface area (Å²) in [5, 5.41) is 0. The van der Waals surface area contributed by atoms with Crippen molar-refractivity contribution in [3.63, 3.8) is 0 Å². The molecule has 0 bridgehead atoms. The second-order valence-electron chi connectivity index (χ2n) is 3.94. The zero-order valence-electron chi connectivity index (χ0n) is 9.70. The lowest BCUT2D eigenvalue weighted by atomic mass is 10.2. The topological polar surface area (TPSA) is 48.1 Å². The maximum Gasteiger partial charge on any atom is 0.242 e. The van der Waals surface area contributed by atoms with Crippen LogP contribution >= 0.6 is 15.9 Å². The van der Waals surface area contributed by atoms with Crippen LogP contribution in [-0.2, 0) is 0 Å². The van der Waals surface area contributed by atoms with Gasteiger partial charge in [-0.15, -0.1) is 0 Å². The Hall–Kier alpha value is -1.55. The van der Waals surface area contributed by atoms with Crippen molar-refractivity contribution in [2.45, 2.75) is 13.8 Å². The van der Waals surface area contributed by atoms with Crippen LogP contribution in [0.2, 0.25) is 0 Å². The predicted octanol–water partition coefficient (Wildman–Crippen LogP) is 3.84. The van der Waals surface area contributed by atoms with Gasteiger partial charge in [0.15, 0.2) is 0 Å². The van der Waals surface area contributed by atoms with Crippen LogP contribution in [0.5, 0.6) is 11.6 Å². The number of pyridine rings is 1. The number of hydrogen-bond acceptors (Lipinski definition) is 3. The molecule has 1 heterocycles. The fraction of sp³-hybridized carbons (Fsp3) is 0.154. The molecule has 0 unspecified atom stereocenters. The molecule has 0 saturated heterocycles. The van der Waals surface area contributed by atoms with Crippen LogP contribution < -0.4 is 10.5 Å². The number of ether oxygens (including phenoxy) is 1. The smallest absolute Gasteiger partial charge is 0.242 e. The third-order valence-electron chi connectivity index (χ3n) is 2.31. The molecule has 0 aliphatic rings. The number of halogens is 1. The Morgan fingerprint density at radius 1 is 1.18 bits per heavy atom. The van der Waals surface area contributed by atoms with Crippen molar-refractivity contribution in [2.24, 2.45) is 0 Å². The number of aromatic nitrogens is 1. The van der Waals surface area contributed by atoms with E-state index in [1.165, 1.54) is 0 Å². The zero-order chi connectivity index (χ0) is 12.4. The minimum Gasteiger partial charge on any atom is -0.436 e. The quantitative estimate of drug-likeness (QED) is 0.915. The molecule has 0 atom stereocenters. The maximum absolute atomic E-state index is 5.85. The van der Waals surface area contributed by atoms with Gasteiger partial charge in [0.2, 0.25) is 5.88 Å². The van der Waals surface area contributed by atoms with Crippen LogP contribution in [-0.4, -0.2) is 4.98 Å². The minimum atomic E-state index is 0.431. The van der Waals surface area contributed by atoms with E-state index in [1.807, 2.05) is 38.1 Å². The van der Waals surface area contributed by atoms with E-state index in [9.17, 15) is 0 Å². The molecular weight excluding hydrogens is 280 g/mol. The van der Waals surface area contributed by atoms with E-state index >= 15 is 0 Å². The van der Waals surface area contributed by atoms with E-state index in [-0.39, 0.29) is 0 Å². The Bertz CT molecular complexity index is 506. The molecule has 0 radical (unpaired) electrons. The van der Waals surface area contributed by atoms with Gasteiger partial charge in [0.25, 0.3) is 0 Å². The van der Waals surface area contributed by atoms with Crippen LogP contribution in [0.15, 0.2) is 34.9 Å². The average molecular weight is 293 g/mol. The van der Waals surface area contributed by atoms with Crippen LogP contribution in [0.25, 0.3) is 0 Å². The first-order valence-electron chi connectivity index (χ1n) is 5.22. The molecule has 88 valence electrons. The van der Waals surface area contributed by atoms with E-state index < -0.39 is 0 Å². The highest BCUT2D eigenvalue weighted by atomic mass is 79.9. The molecule has 2 N–H and O–H groups in total. The molecule has 0 saturated carbocycles. The van der Waals surface area contributed by atoms with Crippen molar-refractivity contribution in [3.05, 3.63) is 46.1 Å². The highest BCUT2D eigenvalue weighted by molar-refractivity contribution is 9.10. The molecule has 3 nitrogen and oxygen atoms in total. The first-order chi connectivity index (χ1) is 8.06. The van der Waals surface area contributed by atoms with Gasteiger partial charge in [0, 0.05) is 6.20 Å². The van der Waals surface area contributed by atoms with E-state index in [1.54, 1.807) is 6.20 Å². The molecule has 0 aliphatic heterocycles. The average Bonchev–Trinajstić information content (AvgIpc) is 2.25. The van der Waals surface area contributed by atoms with Gasteiger partial charge in [-0.25, -0.2) is 4.98 Å². The van der Waals surface area contributed by atoms with E-state index in [0.29, 0.717) is 17.3 Å². The summed E-state index contributed by atoms with van der Waals surface area (Å²) in [5.74, 6) is 1.14. The second-order valence-corrected chi connectivity index (χ2v) is 4.80. The molecule has 0 aliphatic carbocycles. The van der Waals surface area contributed by atoms with Gasteiger partial charge in [-0.3, -0.25) is 0 Å². The third kappa shape index (κ3) is 2.77. The van der Waals surface area contributed by atoms with Crippen molar-refractivity contribution in [1.29, 1.82) is 0 Å². The molecule has 0 spiro atoms. The first-order valence-corrected chi connectivity index (χ1v) is 6.01. The third-order valence-corrected chi connectivity index (χ3v) is 2.93. The normalized spacial score (nSPS) is 10.3. The van der Waals surface area contributed by atoms with Gasteiger partial charge < -0.3 is 10.5 Å². The minimum absolute atomic E-state index is 0.431. The lowest BCUT2D eigenvalue weighted by Crippen LogP contribution is -1.96. The van der Waals surface area contributed by atoms with Crippen LogP contribution in [0.4, 0.5) is 5.69 Å². The van der Waals surface area contributed by atoms with Gasteiger partial charge in [-0.2, -0.15) is 0 Å². The number of aryl methyl sites for hydroxylation is 2. The lowest BCUT2D eigenvalue weighted by Gasteiger charge is -2.09. The van der Waals surface area contributed by atoms with Gasteiger partial charge in [-0.1, -0.05) is 6.07 Å². The van der Waals surface area contributed by atoms with Gasteiger partial charge in [0.1, 0.15) is 5.75 Å². The monoisotopic (exact) mass is 292 g/mol. The van der Waals surface area contributed by atoms with E-state index in [0.717, 1.165) is 15.6 Å². The Morgan fingerprint density at radius 3 is 2.59 bits per heavy atom. The maximum atomic E-state index is 5.85. The molecule has 0 amide bonds. The Kier molecular flexibility index (Phi) is 3.33. The van der Waals surface area contributed by atoms with Gasteiger partial charge >= 0.3 is 0 Å². The van der Waals surface area contributed by atoms with Crippen LogP contribution in [0, 0.1) is 13.8 Å². The summed E-state index contributed by atoms with van der Waals surface area (Å²) >= 11 is 3.45. The van der Waals surface area contributed by atoms with Gasteiger partial charge in [-0.05, 0) is 59.1 Å². The summed E-state index contributed by atoms with van der Waals surface area (Å²) in [4.78, 5) is 4.17. The van der Waals surface area contributed by atoms with Crippen LogP contribution in [0.1, 0.15) is 11.1 Å². The van der Waals surface area contributed by atoms with Crippen molar-refractivity contribution < 1.29 is 4.74 Å². The molecule has 1 aromatic heterocycles. The van der Waals surface area contributed by atoms with E-state index in [4.69, 9.17) is 10.5 Å². The van der Waals surface area contributed by atoms with Gasteiger partial charge in [0.05, 0.1) is 10.2 Å². The standard InChI is InChI=1S/C13H13BrN2O/c1-8-3-4-12(10(14)5-8)17-13-11(15)6-9(2)7-16-13/h3-7H,15H2,1-2H3. The zero-order valence-corrected chi connectivity index (χ0v) is 11.3. The SMILES string of the molecule is Cc1cnc(Oc2ccc(C)cc2Br)c(N)c1. The molecule has 2 rings (SSSR count). The lowest BCUT2D eigenvalue weighted by molar-refractivity contribution is 0.462. The predicted molar refractivity (Wildman–Crippen MR) is 72.3 cm³/mol. The highest BCUT2D eigenvalue weighted by Crippen LogP contribution is 2.31. The highest BCUT2D eigenvalue weighted by Gasteiger charge is 2.07. The number of hydrogen-bond donors (Lipinski definition) is 1. The Balaban J connectivity index is 2.31. The Morgan fingerprint density at radius 2 is 1.94 bits per heavy atom.